The number of nitrogens with one attached hydrogen (secondary N) is 1. The van der Waals surface area contributed by atoms with E-state index in [2.05, 4.69) is 15.2 Å². The highest BCUT2D eigenvalue weighted by Gasteiger charge is 2.16. The van der Waals surface area contributed by atoms with Gasteiger partial charge in [-0.15, -0.1) is 0 Å². The molecule has 1 aliphatic rings. The average molecular weight is 372 g/mol. The summed E-state index contributed by atoms with van der Waals surface area (Å²) in [6.45, 7) is 4.00. The molecule has 1 fully saturated rings. The SMILES string of the molecule is COc1cc(Nc2cc(C)nc(N3CCCCCC3)n2)cc(OC)c1OC. The van der Waals surface area contributed by atoms with Gasteiger partial charge >= 0.3 is 0 Å². The molecule has 27 heavy (non-hydrogen) atoms. The predicted octanol–water partition coefficient (Wildman–Crippen LogP) is 3.93. The van der Waals surface area contributed by atoms with E-state index in [-0.39, 0.29) is 0 Å². The zero-order valence-corrected chi connectivity index (χ0v) is 16.5. The fourth-order valence-corrected chi connectivity index (χ4v) is 3.33. The molecule has 0 aliphatic carbocycles. The fourth-order valence-electron chi connectivity index (χ4n) is 3.33. The molecule has 0 unspecified atom stereocenters. The summed E-state index contributed by atoms with van der Waals surface area (Å²) in [4.78, 5) is 11.7. The van der Waals surface area contributed by atoms with Crippen molar-refractivity contribution in [2.75, 3.05) is 44.6 Å². The van der Waals surface area contributed by atoms with Gasteiger partial charge in [-0.05, 0) is 19.8 Å². The minimum absolute atomic E-state index is 0.565. The molecule has 1 aromatic heterocycles. The lowest BCUT2D eigenvalue weighted by Gasteiger charge is -2.21. The van der Waals surface area contributed by atoms with Crippen molar-refractivity contribution >= 4 is 17.5 Å². The van der Waals surface area contributed by atoms with E-state index in [1.807, 2.05) is 25.1 Å². The summed E-state index contributed by atoms with van der Waals surface area (Å²) in [5, 5.41) is 3.35. The van der Waals surface area contributed by atoms with Crippen LogP contribution in [0, 0.1) is 6.92 Å². The van der Waals surface area contributed by atoms with Crippen molar-refractivity contribution in [1.82, 2.24) is 9.97 Å². The molecular formula is C20H28N4O3. The summed E-state index contributed by atoms with van der Waals surface area (Å²) in [7, 11) is 4.80. The smallest absolute Gasteiger partial charge is 0.227 e. The Balaban J connectivity index is 1.89. The average Bonchev–Trinajstić information content (AvgIpc) is 2.96. The Morgan fingerprint density at radius 2 is 1.48 bits per heavy atom. The van der Waals surface area contributed by atoms with E-state index in [1.165, 1.54) is 25.7 Å². The molecule has 146 valence electrons. The van der Waals surface area contributed by atoms with E-state index < -0.39 is 0 Å². The lowest BCUT2D eigenvalue weighted by molar-refractivity contribution is 0.324. The number of hydrogen-bond acceptors (Lipinski definition) is 7. The molecule has 1 N–H and O–H groups in total. The second kappa shape index (κ2) is 8.79. The van der Waals surface area contributed by atoms with E-state index >= 15 is 0 Å². The first-order chi connectivity index (χ1) is 13.1. The highest BCUT2D eigenvalue weighted by molar-refractivity contribution is 5.67. The van der Waals surface area contributed by atoms with Crippen LogP contribution in [0.3, 0.4) is 0 Å². The molecule has 1 saturated heterocycles. The van der Waals surface area contributed by atoms with Crippen LogP contribution in [-0.4, -0.2) is 44.4 Å². The lowest BCUT2D eigenvalue weighted by atomic mass is 10.2. The van der Waals surface area contributed by atoms with Gasteiger partial charge < -0.3 is 24.4 Å². The minimum atomic E-state index is 0.565. The van der Waals surface area contributed by atoms with Gasteiger partial charge in [0.05, 0.1) is 21.3 Å². The Labute approximate surface area is 160 Å². The standard InChI is InChI=1S/C20H28N4O3/c1-14-11-18(23-20(21-14)24-9-7-5-6-8-10-24)22-15-12-16(25-2)19(27-4)17(13-15)26-3/h11-13H,5-10H2,1-4H3,(H,21,22,23). The number of methoxy groups -OCH3 is 3. The molecular weight excluding hydrogens is 344 g/mol. The van der Waals surface area contributed by atoms with Gasteiger partial charge in [0, 0.05) is 42.7 Å². The molecule has 7 heteroatoms. The highest BCUT2D eigenvalue weighted by Crippen LogP contribution is 2.40. The summed E-state index contributed by atoms with van der Waals surface area (Å²) in [6.07, 6.45) is 4.93. The Morgan fingerprint density at radius 1 is 0.852 bits per heavy atom. The molecule has 2 heterocycles. The lowest BCUT2D eigenvalue weighted by Crippen LogP contribution is -2.26. The number of hydrogen-bond donors (Lipinski definition) is 1. The molecule has 0 saturated carbocycles. The Bertz CT molecular complexity index is 749. The maximum absolute atomic E-state index is 5.43. The largest absolute Gasteiger partial charge is 0.493 e. The van der Waals surface area contributed by atoms with Gasteiger partial charge in [0.15, 0.2) is 11.5 Å². The van der Waals surface area contributed by atoms with Crippen LogP contribution in [0.25, 0.3) is 0 Å². The van der Waals surface area contributed by atoms with Gasteiger partial charge in [-0.25, -0.2) is 4.98 Å². The van der Waals surface area contributed by atoms with Crippen molar-refractivity contribution in [3.05, 3.63) is 23.9 Å². The van der Waals surface area contributed by atoms with Gasteiger partial charge in [0.1, 0.15) is 5.82 Å². The van der Waals surface area contributed by atoms with E-state index in [1.54, 1.807) is 21.3 Å². The van der Waals surface area contributed by atoms with Crippen molar-refractivity contribution < 1.29 is 14.2 Å². The fraction of sp³-hybridized carbons (Fsp3) is 0.500. The first-order valence-electron chi connectivity index (χ1n) is 9.32. The van der Waals surface area contributed by atoms with Crippen LogP contribution >= 0.6 is 0 Å². The van der Waals surface area contributed by atoms with Gasteiger partial charge in [0.2, 0.25) is 11.7 Å². The number of aromatic nitrogens is 2. The number of benzene rings is 1. The third-order valence-electron chi connectivity index (χ3n) is 4.67. The van der Waals surface area contributed by atoms with E-state index in [0.717, 1.165) is 36.2 Å². The summed E-state index contributed by atoms with van der Waals surface area (Å²) in [5.74, 6) is 3.29. The molecule has 3 rings (SSSR count). The first-order valence-corrected chi connectivity index (χ1v) is 9.32. The number of rotatable bonds is 6. The molecule has 7 nitrogen and oxygen atoms in total. The van der Waals surface area contributed by atoms with E-state index in [0.29, 0.717) is 17.2 Å². The van der Waals surface area contributed by atoms with Crippen molar-refractivity contribution in [3.8, 4) is 17.2 Å². The van der Waals surface area contributed by atoms with Crippen LogP contribution in [0.5, 0.6) is 17.2 Å². The minimum Gasteiger partial charge on any atom is -0.493 e. The number of anilines is 3. The number of ether oxygens (including phenoxy) is 3. The normalized spacial score (nSPS) is 14.4. The van der Waals surface area contributed by atoms with Crippen LogP contribution in [0.4, 0.5) is 17.5 Å². The Kier molecular flexibility index (Phi) is 6.21. The molecule has 1 aliphatic heterocycles. The molecule has 0 radical (unpaired) electrons. The third kappa shape index (κ3) is 4.53. The number of aryl methyl sites for hydroxylation is 1. The van der Waals surface area contributed by atoms with Crippen LogP contribution in [0.1, 0.15) is 31.4 Å². The third-order valence-corrected chi connectivity index (χ3v) is 4.67. The first kappa shape index (κ1) is 19.1. The number of nitrogens with zero attached hydrogens (tertiary/aromatic N) is 3. The topological polar surface area (TPSA) is 68.7 Å². The van der Waals surface area contributed by atoms with Gasteiger partial charge in [-0.2, -0.15) is 4.98 Å². The summed E-state index contributed by atoms with van der Waals surface area (Å²) in [6, 6.07) is 5.67. The van der Waals surface area contributed by atoms with E-state index in [4.69, 9.17) is 19.2 Å². The zero-order chi connectivity index (χ0) is 19.2. The Morgan fingerprint density at radius 3 is 2.04 bits per heavy atom. The molecule has 1 aromatic carbocycles. The molecule has 0 amide bonds. The molecule has 0 spiro atoms. The molecule has 0 bridgehead atoms. The van der Waals surface area contributed by atoms with Gasteiger partial charge in [0.25, 0.3) is 0 Å². The van der Waals surface area contributed by atoms with Gasteiger partial charge in [-0.3, -0.25) is 0 Å². The summed E-state index contributed by atoms with van der Waals surface area (Å²) < 4.78 is 16.2. The molecule has 2 aromatic rings. The molecule has 0 atom stereocenters. The summed E-state index contributed by atoms with van der Waals surface area (Å²) in [5.41, 5.74) is 1.74. The van der Waals surface area contributed by atoms with Gasteiger partial charge in [-0.1, -0.05) is 12.8 Å². The maximum atomic E-state index is 5.43. The van der Waals surface area contributed by atoms with Crippen molar-refractivity contribution in [3.63, 3.8) is 0 Å². The maximum Gasteiger partial charge on any atom is 0.227 e. The van der Waals surface area contributed by atoms with Crippen LogP contribution in [0.15, 0.2) is 18.2 Å². The quantitative estimate of drug-likeness (QED) is 0.824. The highest BCUT2D eigenvalue weighted by atomic mass is 16.5. The zero-order valence-electron chi connectivity index (χ0n) is 16.5. The second-order valence-electron chi connectivity index (χ2n) is 6.63. The monoisotopic (exact) mass is 372 g/mol. The van der Waals surface area contributed by atoms with Crippen molar-refractivity contribution in [2.24, 2.45) is 0 Å². The van der Waals surface area contributed by atoms with Crippen molar-refractivity contribution in [1.29, 1.82) is 0 Å². The van der Waals surface area contributed by atoms with Crippen LogP contribution < -0.4 is 24.4 Å². The van der Waals surface area contributed by atoms with Crippen molar-refractivity contribution in [2.45, 2.75) is 32.6 Å². The van der Waals surface area contributed by atoms with E-state index in [9.17, 15) is 0 Å². The second-order valence-corrected chi connectivity index (χ2v) is 6.63. The van der Waals surface area contributed by atoms with Crippen LogP contribution in [0.2, 0.25) is 0 Å². The van der Waals surface area contributed by atoms with Crippen LogP contribution in [-0.2, 0) is 0 Å². The predicted molar refractivity (Wildman–Crippen MR) is 107 cm³/mol. The Hall–Kier alpha value is -2.70. The summed E-state index contributed by atoms with van der Waals surface area (Å²) >= 11 is 0.